The lowest BCUT2D eigenvalue weighted by Gasteiger charge is -2.18. The molecule has 102 valence electrons. The molecule has 1 aliphatic rings. The average Bonchev–Trinajstić information content (AvgIpc) is 2.40. The van der Waals surface area contributed by atoms with Crippen molar-refractivity contribution >= 4 is 5.69 Å². The molecule has 1 aromatic carbocycles. The number of hydrazine groups is 1. The molecule has 0 bridgehead atoms. The van der Waals surface area contributed by atoms with Crippen LogP contribution in [0.15, 0.2) is 35.6 Å². The Kier molecular flexibility index (Phi) is 4.15. The number of aryl methyl sites for hydroxylation is 2. The first-order valence-electron chi connectivity index (χ1n) is 6.63. The number of rotatable bonds is 4. The van der Waals surface area contributed by atoms with E-state index < -0.39 is 0 Å². The predicted molar refractivity (Wildman–Crippen MR) is 80.3 cm³/mol. The van der Waals surface area contributed by atoms with Gasteiger partial charge >= 0.3 is 0 Å². The molecule has 19 heavy (non-hydrogen) atoms. The zero-order valence-corrected chi connectivity index (χ0v) is 12.1. The third-order valence-electron chi connectivity index (χ3n) is 3.46. The van der Waals surface area contributed by atoms with Gasteiger partial charge in [0.05, 0.1) is 12.8 Å². The van der Waals surface area contributed by atoms with Crippen LogP contribution in [0.3, 0.4) is 0 Å². The van der Waals surface area contributed by atoms with Crippen molar-refractivity contribution < 1.29 is 4.74 Å². The number of hydrogen-bond acceptors (Lipinski definition) is 3. The van der Waals surface area contributed by atoms with Gasteiger partial charge in [-0.25, -0.2) is 0 Å². The van der Waals surface area contributed by atoms with Gasteiger partial charge in [-0.2, -0.15) is 0 Å². The van der Waals surface area contributed by atoms with E-state index in [9.17, 15) is 0 Å². The number of hydrogen-bond donors (Lipinski definition) is 2. The lowest BCUT2D eigenvalue weighted by molar-refractivity contribution is 0.412. The van der Waals surface area contributed by atoms with Gasteiger partial charge in [-0.3, -0.25) is 0 Å². The monoisotopic (exact) mass is 258 g/mol. The molecule has 0 aromatic heterocycles. The van der Waals surface area contributed by atoms with Crippen molar-refractivity contribution in [2.75, 3.05) is 12.5 Å². The maximum atomic E-state index is 5.35. The summed E-state index contributed by atoms with van der Waals surface area (Å²) in [5, 5.41) is 0. The Hall–Kier alpha value is -1.90. The molecule has 0 heterocycles. The Morgan fingerprint density at radius 3 is 2.37 bits per heavy atom. The molecule has 1 aliphatic carbocycles. The van der Waals surface area contributed by atoms with Crippen molar-refractivity contribution in [3.8, 4) is 5.75 Å². The average molecular weight is 258 g/mol. The van der Waals surface area contributed by atoms with Crippen LogP contribution in [-0.4, -0.2) is 7.11 Å². The van der Waals surface area contributed by atoms with Crippen molar-refractivity contribution in [2.45, 2.75) is 33.6 Å². The first kappa shape index (κ1) is 13.5. The first-order chi connectivity index (χ1) is 9.10. The number of allylic oxidation sites excluding steroid dienone is 4. The van der Waals surface area contributed by atoms with Gasteiger partial charge in [-0.05, 0) is 50.8 Å². The summed E-state index contributed by atoms with van der Waals surface area (Å²) in [7, 11) is 1.70. The topological polar surface area (TPSA) is 33.3 Å². The zero-order valence-electron chi connectivity index (χ0n) is 12.1. The second kappa shape index (κ2) is 5.83. The minimum Gasteiger partial charge on any atom is -0.496 e. The summed E-state index contributed by atoms with van der Waals surface area (Å²) in [6.45, 7) is 6.31. The third kappa shape index (κ3) is 3.31. The molecule has 2 rings (SSSR count). The third-order valence-corrected chi connectivity index (χ3v) is 3.46. The summed E-state index contributed by atoms with van der Waals surface area (Å²) in [6, 6.07) is 4.16. The van der Waals surface area contributed by atoms with Crippen LogP contribution in [0.1, 0.15) is 30.9 Å². The van der Waals surface area contributed by atoms with Crippen LogP contribution in [0.2, 0.25) is 0 Å². The van der Waals surface area contributed by atoms with Crippen LogP contribution in [-0.2, 0) is 0 Å². The molecular weight excluding hydrogens is 236 g/mol. The van der Waals surface area contributed by atoms with Crippen LogP contribution in [0.5, 0.6) is 5.75 Å². The first-order valence-corrected chi connectivity index (χ1v) is 6.63. The number of anilines is 1. The smallest absolute Gasteiger partial charge is 0.123 e. The standard InChI is InChI=1S/C16H22N2O/c1-11-5-7-14(8-6-11)17-18-15-10-16(19-4)13(3)9-12(15)2/h5,7,9-10,17-18H,6,8H2,1-4H3. The highest BCUT2D eigenvalue weighted by atomic mass is 16.5. The van der Waals surface area contributed by atoms with Gasteiger partial charge < -0.3 is 15.6 Å². The largest absolute Gasteiger partial charge is 0.496 e. The van der Waals surface area contributed by atoms with Gasteiger partial charge in [0.25, 0.3) is 0 Å². The van der Waals surface area contributed by atoms with Crippen LogP contribution in [0.25, 0.3) is 0 Å². The number of benzene rings is 1. The molecule has 3 nitrogen and oxygen atoms in total. The highest BCUT2D eigenvalue weighted by molar-refractivity contribution is 5.57. The summed E-state index contributed by atoms with van der Waals surface area (Å²) in [5.41, 5.74) is 12.6. The fraction of sp³-hybridized carbons (Fsp3) is 0.375. The van der Waals surface area contributed by atoms with Gasteiger partial charge in [0.1, 0.15) is 5.75 Å². The SMILES string of the molecule is COc1cc(NNC2=CC=C(C)CC2)c(C)cc1C. The molecular formula is C16H22N2O. The second-order valence-electron chi connectivity index (χ2n) is 5.09. The Morgan fingerprint density at radius 2 is 1.74 bits per heavy atom. The fourth-order valence-corrected chi connectivity index (χ4v) is 2.18. The summed E-state index contributed by atoms with van der Waals surface area (Å²) < 4.78 is 5.35. The summed E-state index contributed by atoms with van der Waals surface area (Å²) >= 11 is 0. The lowest BCUT2D eigenvalue weighted by Crippen LogP contribution is -2.22. The van der Waals surface area contributed by atoms with E-state index in [1.54, 1.807) is 7.11 Å². The van der Waals surface area contributed by atoms with Crippen LogP contribution in [0, 0.1) is 13.8 Å². The normalized spacial score (nSPS) is 14.5. The Bertz CT molecular complexity index is 530. The molecule has 1 aromatic rings. The molecule has 2 N–H and O–H groups in total. The molecule has 0 saturated heterocycles. The van der Waals surface area contributed by atoms with E-state index in [0.717, 1.165) is 29.8 Å². The maximum absolute atomic E-state index is 5.35. The number of ether oxygens (including phenoxy) is 1. The molecule has 0 saturated carbocycles. The fourth-order valence-electron chi connectivity index (χ4n) is 2.18. The molecule has 0 fully saturated rings. The van der Waals surface area contributed by atoms with Gasteiger partial charge in [0.2, 0.25) is 0 Å². The molecule has 0 amide bonds. The summed E-state index contributed by atoms with van der Waals surface area (Å²) in [5.74, 6) is 0.906. The zero-order chi connectivity index (χ0) is 13.8. The Balaban J connectivity index is 2.07. The summed E-state index contributed by atoms with van der Waals surface area (Å²) in [4.78, 5) is 0. The van der Waals surface area contributed by atoms with Gasteiger partial charge in [-0.15, -0.1) is 0 Å². The lowest BCUT2D eigenvalue weighted by atomic mass is 10.0. The van der Waals surface area contributed by atoms with Crippen molar-refractivity contribution in [3.63, 3.8) is 0 Å². The molecule has 0 unspecified atom stereocenters. The molecule has 3 heteroatoms. The Labute approximate surface area is 115 Å². The van der Waals surface area contributed by atoms with E-state index in [-0.39, 0.29) is 0 Å². The van der Waals surface area contributed by atoms with Crippen LogP contribution < -0.4 is 15.6 Å². The van der Waals surface area contributed by atoms with Gasteiger partial charge in [0.15, 0.2) is 0 Å². The van der Waals surface area contributed by atoms with Crippen LogP contribution >= 0.6 is 0 Å². The number of nitrogens with one attached hydrogen (secondary N) is 2. The van der Waals surface area contributed by atoms with Crippen molar-refractivity contribution in [2.24, 2.45) is 0 Å². The van der Waals surface area contributed by atoms with E-state index in [0.29, 0.717) is 0 Å². The van der Waals surface area contributed by atoms with Crippen molar-refractivity contribution in [1.29, 1.82) is 0 Å². The van der Waals surface area contributed by atoms with E-state index >= 15 is 0 Å². The van der Waals surface area contributed by atoms with Crippen molar-refractivity contribution in [1.82, 2.24) is 5.43 Å². The number of methoxy groups -OCH3 is 1. The highest BCUT2D eigenvalue weighted by Gasteiger charge is 2.06. The van der Waals surface area contributed by atoms with Crippen LogP contribution in [0.4, 0.5) is 5.69 Å². The van der Waals surface area contributed by atoms with E-state index in [1.165, 1.54) is 16.8 Å². The molecule has 0 aliphatic heterocycles. The summed E-state index contributed by atoms with van der Waals surface area (Å²) in [6.07, 6.45) is 6.47. The predicted octanol–water partition coefficient (Wildman–Crippen LogP) is 3.85. The van der Waals surface area contributed by atoms with Crippen molar-refractivity contribution in [3.05, 3.63) is 46.7 Å². The minimum atomic E-state index is 0.906. The molecule has 0 atom stereocenters. The van der Waals surface area contributed by atoms with E-state index in [2.05, 4.69) is 49.8 Å². The van der Waals surface area contributed by atoms with Gasteiger partial charge in [-0.1, -0.05) is 17.7 Å². The molecule has 0 radical (unpaired) electrons. The highest BCUT2D eigenvalue weighted by Crippen LogP contribution is 2.26. The van der Waals surface area contributed by atoms with E-state index in [4.69, 9.17) is 4.74 Å². The second-order valence-corrected chi connectivity index (χ2v) is 5.09. The Morgan fingerprint density at radius 1 is 0.947 bits per heavy atom. The van der Waals surface area contributed by atoms with Gasteiger partial charge in [0, 0.05) is 11.8 Å². The maximum Gasteiger partial charge on any atom is 0.123 e. The minimum absolute atomic E-state index is 0.906. The quantitative estimate of drug-likeness (QED) is 0.805. The molecule has 0 spiro atoms. The van der Waals surface area contributed by atoms with E-state index in [1.807, 2.05) is 6.07 Å².